The van der Waals surface area contributed by atoms with Gasteiger partial charge in [-0.3, -0.25) is 4.48 Å². The molecule has 0 spiro atoms. The van der Waals surface area contributed by atoms with Crippen molar-refractivity contribution in [2.75, 3.05) is 34.4 Å². The van der Waals surface area contributed by atoms with E-state index in [-0.39, 0.29) is 5.97 Å². The molecule has 0 aliphatic heterocycles. The Labute approximate surface area is 125 Å². The molecular formula is C16H34NO3+. The van der Waals surface area contributed by atoms with Crippen LogP contribution in [0.1, 0.15) is 52.9 Å². The van der Waals surface area contributed by atoms with Gasteiger partial charge in [-0.05, 0) is 18.8 Å². The molecule has 0 fully saturated rings. The summed E-state index contributed by atoms with van der Waals surface area (Å²) in [5.74, 6) is 0.235. The van der Waals surface area contributed by atoms with Gasteiger partial charge in [0.1, 0.15) is 0 Å². The molecule has 0 amide bonds. The number of rotatable bonds is 11. The smallest absolute Gasteiger partial charge is 0.394 e. The highest BCUT2D eigenvalue weighted by molar-refractivity contribution is 5.73. The lowest BCUT2D eigenvalue weighted by Gasteiger charge is -2.31. The maximum absolute atomic E-state index is 12.2. The largest absolute Gasteiger partial charge is 0.459 e. The molecule has 0 saturated carbocycles. The predicted octanol–water partition coefficient (Wildman–Crippen LogP) is 3.20. The second-order valence-electron chi connectivity index (χ2n) is 6.39. The normalized spacial score (nSPS) is 14.9. The van der Waals surface area contributed by atoms with E-state index in [1.54, 1.807) is 0 Å². The van der Waals surface area contributed by atoms with Gasteiger partial charge >= 0.3 is 5.97 Å². The van der Waals surface area contributed by atoms with Gasteiger partial charge in [0, 0.05) is 0 Å². The van der Waals surface area contributed by atoms with Crippen molar-refractivity contribution in [2.45, 2.75) is 59.1 Å². The Hall–Kier alpha value is -0.610. The number of nitrogens with zero attached hydrogens (tertiary/aromatic N) is 1. The average Bonchev–Trinajstić information content (AvgIpc) is 2.38. The van der Waals surface area contributed by atoms with Crippen molar-refractivity contribution in [2.24, 2.45) is 5.92 Å². The molecule has 0 aromatic carbocycles. The topological polar surface area (TPSA) is 35.5 Å². The molecule has 120 valence electrons. The summed E-state index contributed by atoms with van der Waals surface area (Å²) < 4.78 is 11.6. The minimum absolute atomic E-state index is 0.235. The van der Waals surface area contributed by atoms with E-state index >= 15 is 0 Å². The molecule has 0 radical (unpaired) electrons. The Balaban J connectivity index is 4.37. The molecule has 4 heteroatoms. The van der Waals surface area contributed by atoms with Gasteiger partial charge in [-0.15, -0.1) is 0 Å². The van der Waals surface area contributed by atoms with Crippen molar-refractivity contribution in [3.05, 3.63) is 0 Å². The van der Waals surface area contributed by atoms with E-state index in [1.807, 2.05) is 28.1 Å². The van der Waals surface area contributed by atoms with Gasteiger partial charge in [0.2, 0.25) is 0 Å². The zero-order valence-corrected chi connectivity index (χ0v) is 14.3. The summed E-state index contributed by atoms with van der Waals surface area (Å²) in [6.45, 7) is 7.48. The quantitative estimate of drug-likeness (QED) is 0.333. The zero-order valence-electron chi connectivity index (χ0n) is 14.3. The molecule has 4 nitrogen and oxygen atoms in total. The summed E-state index contributed by atoms with van der Waals surface area (Å²) in [6, 6.07) is 0. The second-order valence-corrected chi connectivity index (χ2v) is 6.39. The lowest BCUT2D eigenvalue weighted by atomic mass is 10.0. The molecule has 0 rings (SSSR count). The third kappa shape index (κ3) is 7.85. The van der Waals surface area contributed by atoms with Crippen molar-refractivity contribution in [1.82, 2.24) is 0 Å². The van der Waals surface area contributed by atoms with Gasteiger partial charge in [0.15, 0.2) is 0 Å². The van der Waals surface area contributed by atoms with Gasteiger partial charge in [-0.2, -0.15) is 0 Å². The highest BCUT2D eigenvalue weighted by atomic mass is 16.6. The number of carbonyl (C=O) groups is 1. The lowest BCUT2D eigenvalue weighted by molar-refractivity contribution is -0.909. The van der Waals surface area contributed by atoms with E-state index < -0.39 is 6.23 Å². The van der Waals surface area contributed by atoms with Crippen molar-refractivity contribution in [1.29, 1.82) is 0 Å². The van der Waals surface area contributed by atoms with E-state index in [2.05, 4.69) is 13.8 Å². The Morgan fingerprint density at radius 3 is 2.20 bits per heavy atom. The number of hydrogen-bond acceptors (Lipinski definition) is 3. The number of quaternary nitrogens is 1. The molecular weight excluding hydrogens is 254 g/mol. The first kappa shape index (κ1) is 19.4. The van der Waals surface area contributed by atoms with Crippen LogP contribution < -0.4 is 0 Å². The fourth-order valence-electron chi connectivity index (χ4n) is 2.01. The number of ether oxygens (including phenoxy) is 2. The lowest BCUT2D eigenvalue weighted by Crippen LogP contribution is -2.52. The average molecular weight is 288 g/mol. The van der Waals surface area contributed by atoms with E-state index in [0.29, 0.717) is 23.6 Å². The van der Waals surface area contributed by atoms with Crippen LogP contribution in [0.5, 0.6) is 0 Å². The third-order valence-electron chi connectivity index (χ3n) is 3.39. The SMILES string of the molecule is CCCCC(CC)COC(=O)C(OCCC)[N+](C)(C)C. The van der Waals surface area contributed by atoms with Gasteiger partial charge in [-0.25, -0.2) is 4.79 Å². The number of hydrogen-bond donors (Lipinski definition) is 0. The van der Waals surface area contributed by atoms with Crippen molar-refractivity contribution >= 4 is 5.97 Å². The Kier molecular flexibility index (Phi) is 9.86. The molecule has 0 heterocycles. The maximum atomic E-state index is 12.2. The van der Waals surface area contributed by atoms with Gasteiger partial charge in [-0.1, -0.05) is 40.0 Å². The second kappa shape index (κ2) is 10.2. The monoisotopic (exact) mass is 288 g/mol. The van der Waals surface area contributed by atoms with Crippen LogP contribution in [0, 0.1) is 5.92 Å². The molecule has 0 aliphatic carbocycles. The molecule has 2 atom stereocenters. The molecule has 0 aromatic rings. The minimum Gasteiger partial charge on any atom is -0.459 e. The molecule has 0 aliphatic rings. The first-order valence-electron chi connectivity index (χ1n) is 7.96. The van der Waals surface area contributed by atoms with Crippen molar-refractivity contribution in [3.8, 4) is 0 Å². The fourth-order valence-corrected chi connectivity index (χ4v) is 2.01. The maximum Gasteiger partial charge on any atom is 0.394 e. The molecule has 0 saturated heterocycles. The Bertz CT molecular complexity index is 261. The van der Waals surface area contributed by atoms with Crippen LogP contribution in [-0.2, 0) is 14.3 Å². The number of carbonyl (C=O) groups excluding carboxylic acids is 1. The van der Waals surface area contributed by atoms with Crippen LogP contribution in [0.3, 0.4) is 0 Å². The zero-order chi connectivity index (χ0) is 15.6. The van der Waals surface area contributed by atoms with Gasteiger partial charge in [0.25, 0.3) is 6.23 Å². The first-order valence-corrected chi connectivity index (χ1v) is 7.96. The van der Waals surface area contributed by atoms with Crippen LogP contribution in [0.4, 0.5) is 0 Å². The summed E-state index contributed by atoms with van der Waals surface area (Å²) in [6.07, 6.45) is 4.94. The van der Waals surface area contributed by atoms with E-state index in [0.717, 1.165) is 19.3 Å². The molecule has 0 bridgehead atoms. The summed E-state index contributed by atoms with van der Waals surface area (Å²) >= 11 is 0. The number of unbranched alkanes of at least 4 members (excludes halogenated alkanes) is 1. The van der Waals surface area contributed by atoms with Crippen LogP contribution in [-0.4, -0.2) is 51.0 Å². The van der Waals surface area contributed by atoms with Crippen molar-refractivity contribution in [3.63, 3.8) is 0 Å². The Morgan fingerprint density at radius 1 is 1.10 bits per heavy atom. The fraction of sp³-hybridized carbons (Fsp3) is 0.938. The van der Waals surface area contributed by atoms with Crippen LogP contribution >= 0.6 is 0 Å². The number of likely N-dealkylation sites (N-methyl/N-ethyl adjacent to an activating group) is 1. The molecule has 0 aromatic heterocycles. The van der Waals surface area contributed by atoms with Crippen LogP contribution in [0.25, 0.3) is 0 Å². The summed E-state index contributed by atoms with van der Waals surface area (Å²) in [5, 5.41) is 0. The van der Waals surface area contributed by atoms with Crippen molar-refractivity contribution < 1.29 is 18.8 Å². The predicted molar refractivity (Wildman–Crippen MR) is 82.3 cm³/mol. The standard InChI is InChI=1S/C16H34NO3/c1-7-10-11-14(9-3)13-20-16(18)15(17(4,5)6)19-12-8-2/h14-15H,7-13H2,1-6H3/q+1. The highest BCUT2D eigenvalue weighted by Gasteiger charge is 2.34. The summed E-state index contributed by atoms with van der Waals surface area (Å²) in [5.41, 5.74) is 0. The minimum atomic E-state index is -0.529. The Morgan fingerprint density at radius 2 is 1.75 bits per heavy atom. The first-order chi connectivity index (χ1) is 9.36. The van der Waals surface area contributed by atoms with E-state index in [1.165, 1.54) is 12.8 Å². The van der Waals surface area contributed by atoms with Gasteiger partial charge < -0.3 is 9.47 Å². The van der Waals surface area contributed by atoms with Crippen LogP contribution in [0.2, 0.25) is 0 Å². The third-order valence-corrected chi connectivity index (χ3v) is 3.39. The molecule has 0 N–H and O–H groups in total. The van der Waals surface area contributed by atoms with Gasteiger partial charge in [0.05, 0.1) is 34.4 Å². The number of esters is 1. The molecule has 20 heavy (non-hydrogen) atoms. The highest BCUT2D eigenvalue weighted by Crippen LogP contribution is 2.15. The van der Waals surface area contributed by atoms with E-state index in [4.69, 9.17) is 9.47 Å². The molecule has 2 unspecified atom stereocenters. The summed E-state index contributed by atoms with van der Waals surface area (Å²) in [4.78, 5) is 12.2. The van der Waals surface area contributed by atoms with E-state index in [9.17, 15) is 4.79 Å². The van der Waals surface area contributed by atoms with Crippen LogP contribution in [0.15, 0.2) is 0 Å². The summed E-state index contributed by atoms with van der Waals surface area (Å²) in [7, 11) is 5.86.